The molecule has 1 aliphatic heterocycles. The van der Waals surface area contributed by atoms with Gasteiger partial charge in [0.05, 0.1) is 17.0 Å². The molecule has 2 N–H and O–H groups in total. The summed E-state index contributed by atoms with van der Waals surface area (Å²) >= 11 is 6.40. The van der Waals surface area contributed by atoms with Crippen LogP contribution >= 0.6 is 11.6 Å². The van der Waals surface area contributed by atoms with Gasteiger partial charge in [0, 0.05) is 37.5 Å². The highest BCUT2D eigenvalue weighted by Crippen LogP contribution is 2.31. The lowest BCUT2D eigenvalue weighted by Gasteiger charge is -2.28. The van der Waals surface area contributed by atoms with Crippen molar-refractivity contribution in [2.45, 2.75) is 57.5 Å². The van der Waals surface area contributed by atoms with E-state index in [0.717, 1.165) is 60.0 Å². The molecule has 0 atom stereocenters. The fourth-order valence-corrected chi connectivity index (χ4v) is 4.85. The smallest absolute Gasteiger partial charge is 0.255 e. The van der Waals surface area contributed by atoms with Crippen LogP contribution in [0.4, 0.5) is 0 Å². The molecule has 2 aliphatic rings. The minimum absolute atomic E-state index is 0.0194. The predicted molar refractivity (Wildman–Crippen MR) is 118 cm³/mol. The van der Waals surface area contributed by atoms with E-state index >= 15 is 0 Å². The molecule has 3 aromatic rings. The lowest BCUT2D eigenvalue weighted by atomic mass is 9.88. The highest BCUT2D eigenvalue weighted by atomic mass is 35.5. The van der Waals surface area contributed by atoms with E-state index in [4.69, 9.17) is 16.6 Å². The second-order valence-electron chi connectivity index (χ2n) is 8.39. The van der Waals surface area contributed by atoms with Crippen LogP contribution in [0.1, 0.15) is 60.8 Å². The summed E-state index contributed by atoms with van der Waals surface area (Å²) in [5, 5.41) is 0.485. The van der Waals surface area contributed by atoms with Crippen molar-refractivity contribution < 1.29 is 0 Å². The summed E-state index contributed by atoms with van der Waals surface area (Å²) in [6.07, 6.45) is 6.81. The van der Waals surface area contributed by atoms with E-state index in [1.54, 1.807) is 0 Å². The molecule has 0 radical (unpaired) electrons. The Kier molecular flexibility index (Phi) is 5.44. The van der Waals surface area contributed by atoms with Crippen molar-refractivity contribution >= 4 is 11.6 Å². The number of aromatic nitrogens is 4. The topological polar surface area (TPSA) is 77.7 Å². The van der Waals surface area contributed by atoms with Gasteiger partial charge in [0.25, 0.3) is 5.56 Å². The minimum atomic E-state index is 0.0194. The van der Waals surface area contributed by atoms with Gasteiger partial charge in [-0.25, -0.2) is 9.97 Å². The number of H-pyrrole nitrogens is 2. The Morgan fingerprint density at radius 1 is 1.07 bits per heavy atom. The Balaban J connectivity index is 1.33. The third kappa shape index (κ3) is 3.94. The highest BCUT2D eigenvalue weighted by Gasteiger charge is 2.25. The van der Waals surface area contributed by atoms with Gasteiger partial charge in [-0.1, -0.05) is 61.2 Å². The van der Waals surface area contributed by atoms with Crippen molar-refractivity contribution in [3.05, 3.63) is 68.6 Å². The van der Waals surface area contributed by atoms with Gasteiger partial charge in [0.2, 0.25) is 0 Å². The Bertz CT molecular complexity index is 1080. The van der Waals surface area contributed by atoms with Gasteiger partial charge in [0.15, 0.2) is 5.15 Å². The van der Waals surface area contributed by atoms with E-state index in [-0.39, 0.29) is 5.56 Å². The summed E-state index contributed by atoms with van der Waals surface area (Å²) in [6, 6.07) is 9.95. The first-order chi connectivity index (χ1) is 14.7. The molecule has 7 heteroatoms. The SMILES string of the molecule is O=c1[nH]c(C2CCCCC2)nc2c1CN(Cc1[nH]c(-c3ccccc3)nc1Cl)CC2. The van der Waals surface area contributed by atoms with Crippen molar-refractivity contribution in [2.24, 2.45) is 0 Å². The van der Waals surface area contributed by atoms with Crippen LogP contribution in [-0.4, -0.2) is 31.4 Å². The zero-order valence-electron chi connectivity index (χ0n) is 17.0. The molecule has 156 valence electrons. The number of nitrogens with zero attached hydrogens (tertiary/aromatic N) is 3. The van der Waals surface area contributed by atoms with Crippen molar-refractivity contribution in [3.8, 4) is 11.4 Å². The maximum Gasteiger partial charge on any atom is 0.255 e. The van der Waals surface area contributed by atoms with Crippen LogP contribution in [0.15, 0.2) is 35.1 Å². The number of imidazole rings is 1. The fourth-order valence-electron chi connectivity index (χ4n) is 4.65. The van der Waals surface area contributed by atoms with Crippen LogP contribution in [-0.2, 0) is 19.5 Å². The predicted octanol–water partition coefficient (Wildman–Crippen LogP) is 4.42. The summed E-state index contributed by atoms with van der Waals surface area (Å²) in [5.41, 5.74) is 3.66. The molecule has 0 amide bonds. The number of hydrogen-bond acceptors (Lipinski definition) is 4. The summed E-state index contributed by atoms with van der Waals surface area (Å²) < 4.78 is 0. The first-order valence-electron chi connectivity index (χ1n) is 10.8. The van der Waals surface area contributed by atoms with Gasteiger partial charge in [-0.3, -0.25) is 9.69 Å². The number of fused-ring (bicyclic) bond motifs is 1. The standard InChI is InChI=1S/C23H26ClN5O/c24-20-19(26-21(27-20)15-7-3-1-4-8-15)14-29-12-11-18-17(13-29)23(30)28-22(25-18)16-9-5-2-6-10-16/h1,3-4,7-8,16H,2,5-6,9-14H2,(H,26,27)(H,25,28,30). The average molecular weight is 424 g/mol. The molecule has 0 unspecified atom stereocenters. The minimum Gasteiger partial charge on any atom is -0.339 e. The summed E-state index contributed by atoms with van der Waals surface area (Å²) in [4.78, 5) is 30.8. The molecule has 6 nitrogen and oxygen atoms in total. The normalized spacial score (nSPS) is 17.8. The second-order valence-corrected chi connectivity index (χ2v) is 8.75. The lowest BCUT2D eigenvalue weighted by molar-refractivity contribution is 0.238. The maximum atomic E-state index is 12.8. The van der Waals surface area contributed by atoms with Gasteiger partial charge < -0.3 is 9.97 Å². The zero-order valence-corrected chi connectivity index (χ0v) is 17.7. The number of rotatable bonds is 4. The molecule has 0 bridgehead atoms. The van der Waals surface area contributed by atoms with Crippen LogP contribution in [0.5, 0.6) is 0 Å². The summed E-state index contributed by atoms with van der Waals surface area (Å²) in [5.74, 6) is 2.08. The van der Waals surface area contributed by atoms with E-state index in [9.17, 15) is 4.79 Å². The lowest BCUT2D eigenvalue weighted by Crippen LogP contribution is -2.36. The Morgan fingerprint density at radius 2 is 1.87 bits per heavy atom. The molecule has 1 aliphatic carbocycles. The van der Waals surface area contributed by atoms with Crippen LogP contribution in [0.3, 0.4) is 0 Å². The molecule has 5 rings (SSSR count). The number of halogens is 1. The highest BCUT2D eigenvalue weighted by molar-refractivity contribution is 6.30. The molecule has 1 fully saturated rings. The zero-order chi connectivity index (χ0) is 20.5. The average Bonchev–Trinajstić information content (AvgIpc) is 3.15. The first kappa shape index (κ1) is 19.5. The maximum absolute atomic E-state index is 12.8. The number of nitrogens with one attached hydrogen (secondary N) is 2. The van der Waals surface area contributed by atoms with E-state index in [0.29, 0.717) is 24.2 Å². The van der Waals surface area contributed by atoms with Gasteiger partial charge >= 0.3 is 0 Å². The van der Waals surface area contributed by atoms with Gasteiger partial charge in [-0.2, -0.15) is 0 Å². The number of benzene rings is 1. The fraction of sp³-hybridized carbons (Fsp3) is 0.435. The molecule has 30 heavy (non-hydrogen) atoms. The van der Waals surface area contributed by atoms with Crippen LogP contribution in [0.2, 0.25) is 5.15 Å². The summed E-state index contributed by atoms with van der Waals surface area (Å²) in [7, 11) is 0. The molecule has 0 spiro atoms. The molecule has 3 heterocycles. The van der Waals surface area contributed by atoms with Crippen molar-refractivity contribution in [3.63, 3.8) is 0 Å². The van der Waals surface area contributed by atoms with Crippen molar-refractivity contribution in [2.75, 3.05) is 6.54 Å². The number of aromatic amines is 2. The van der Waals surface area contributed by atoms with Gasteiger partial charge in [-0.05, 0) is 12.8 Å². The Labute approximate surface area is 180 Å². The monoisotopic (exact) mass is 423 g/mol. The Hall–Kier alpha value is -2.44. The third-order valence-corrected chi connectivity index (χ3v) is 6.63. The third-order valence-electron chi connectivity index (χ3n) is 6.32. The first-order valence-corrected chi connectivity index (χ1v) is 11.2. The van der Waals surface area contributed by atoms with Crippen LogP contribution in [0, 0.1) is 0 Å². The van der Waals surface area contributed by atoms with Crippen LogP contribution in [0.25, 0.3) is 11.4 Å². The van der Waals surface area contributed by atoms with E-state index in [1.165, 1.54) is 19.3 Å². The molecule has 0 saturated heterocycles. The Morgan fingerprint density at radius 3 is 2.67 bits per heavy atom. The molecule has 1 saturated carbocycles. The van der Waals surface area contributed by atoms with Gasteiger partial charge in [-0.15, -0.1) is 0 Å². The molecule has 1 aromatic carbocycles. The van der Waals surface area contributed by atoms with Gasteiger partial charge in [0.1, 0.15) is 11.6 Å². The molecular weight excluding hydrogens is 398 g/mol. The summed E-state index contributed by atoms with van der Waals surface area (Å²) in [6.45, 7) is 2.06. The second kappa shape index (κ2) is 8.36. The molecule has 2 aromatic heterocycles. The number of hydrogen-bond donors (Lipinski definition) is 2. The van der Waals surface area contributed by atoms with Crippen molar-refractivity contribution in [1.29, 1.82) is 0 Å². The van der Waals surface area contributed by atoms with Crippen LogP contribution < -0.4 is 5.56 Å². The largest absolute Gasteiger partial charge is 0.339 e. The molecular formula is C23H26ClN5O. The van der Waals surface area contributed by atoms with E-state index < -0.39 is 0 Å². The van der Waals surface area contributed by atoms with E-state index in [2.05, 4.69) is 19.9 Å². The van der Waals surface area contributed by atoms with Crippen molar-refractivity contribution in [1.82, 2.24) is 24.8 Å². The quantitative estimate of drug-likeness (QED) is 0.651. The van der Waals surface area contributed by atoms with E-state index in [1.807, 2.05) is 30.3 Å².